The zero-order valence-corrected chi connectivity index (χ0v) is 6.80. The van der Waals surface area contributed by atoms with Gasteiger partial charge in [-0.25, -0.2) is 5.32 Å². The van der Waals surface area contributed by atoms with Crippen LogP contribution in [0, 0.1) is 0 Å². The van der Waals surface area contributed by atoms with E-state index >= 15 is 0 Å². The molecule has 59 valence electrons. The molecule has 0 aliphatic carbocycles. The Labute approximate surface area is 62.6 Å². The number of nitrogens with two attached hydrogens (primary N) is 1. The predicted molar refractivity (Wildman–Crippen MR) is 41.7 cm³/mol. The Morgan fingerprint density at radius 2 is 1.80 bits per heavy atom. The molecule has 2 N–H and O–H groups in total. The topological polar surface area (TPSA) is 43.4 Å². The molecule has 0 aromatic carbocycles. The maximum Gasteiger partial charge on any atom is 0.0630 e. The van der Waals surface area contributed by atoms with E-state index < -0.39 is 0 Å². The normalized spacial score (nSPS) is 23.1. The van der Waals surface area contributed by atoms with Crippen LogP contribution < -0.4 is 11.1 Å². The molecule has 1 aliphatic rings. The molecular formula is C7H16N3. The number of hydrogen-bond donors (Lipinski definition) is 1. The Morgan fingerprint density at radius 3 is 2.10 bits per heavy atom. The quantitative estimate of drug-likeness (QED) is 0.541. The van der Waals surface area contributed by atoms with Gasteiger partial charge in [0, 0.05) is 26.2 Å². The van der Waals surface area contributed by atoms with E-state index in [0.717, 1.165) is 26.2 Å². The first kappa shape index (κ1) is 7.98. The average Bonchev–Trinajstić information content (AvgIpc) is 1.88. The zero-order chi connectivity index (χ0) is 7.61. The fourth-order valence-corrected chi connectivity index (χ4v) is 1.18. The fourth-order valence-electron chi connectivity index (χ4n) is 1.18. The molecule has 0 atom stereocenters. The lowest BCUT2D eigenvalue weighted by Crippen LogP contribution is -2.56. The van der Waals surface area contributed by atoms with Crippen LogP contribution in [0.4, 0.5) is 0 Å². The summed E-state index contributed by atoms with van der Waals surface area (Å²) in [6, 6.07) is 0. The van der Waals surface area contributed by atoms with Gasteiger partial charge in [0.05, 0.1) is 5.66 Å². The molecule has 0 aromatic rings. The minimum Gasteiger partial charge on any atom is -0.314 e. The van der Waals surface area contributed by atoms with Gasteiger partial charge in [-0.15, -0.1) is 0 Å². The molecule has 1 saturated heterocycles. The van der Waals surface area contributed by atoms with Gasteiger partial charge in [-0.3, -0.25) is 4.90 Å². The van der Waals surface area contributed by atoms with Crippen LogP contribution in [0.3, 0.4) is 0 Å². The van der Waals surface area contributed by atoms with Crippen molar-refractivity contribution in [2.75, 3.05) is 26.2 Å². The van der Waals surface area contributed by atoms with E-state index in [2.05, 4.69) is 10.2 Å². The third-order valence-corrected chi connectivity index (χ3v) is 1.87. The van der Waals surface area contributed by atoms with Crippen molar-refractivity contribution in [3.63, 3.8) is 0 Å². The second-order valence-corrected chi connectivity index (χ2v) is 3.31. The number of rotatable bonds is 1. The molecule has 3 nitrogen and oxygen atoms in total. The van der Waals surface area contributed by atoms with Crippen molar-refractivity contribution in [1.82, 2.24) is 10.2 Å². The third kappa shape index (κ3) is 1.94. The van der Waals surface area contributed by atoms with Gasteiger partial charge < -0.3 is 5.73 Å². The second kappa shape index (κ2) is 2.86. The summed E-state index contributed by atoms with van der Waals surface area (Å²) in [5.41, 5.74) is 5.74. The van der Waals surface area contributed by atoms with Crippen LogP contribution in [0.25, 0.3) is 0 Å². The zero-order valence-electron chi connectivity index (χ0n) is 6.80. The molecule has 0 saturated carbocycles. The van der Waals surface area contributed by atoms with Crippen molar-refractivity contribution in [3.8, 4) is 0 Å². The van der Waals surface area contributed by atoms with Crippen molar-refractivity contribution in [1.29, 1.82) is 0 Å². The van der Waals surface area contributed by atoms with E-state index in [9.17, 15) is 0 Å². The van der Waals surface area contributed by atoms with Gasteiger partial charge >= 0.3 is 0 Å². The van der Waals surface area contributed by atoms with Crippen LogP contribution in [0.2, 0.25) is 0 Å². The first-order valence-corrected chi connectivity index (χ1v) is 3.78. The summed E-state index contributed by atoms with van der Waals surface area (Å²) < 4.78 is 0. The van der Waals surface area contributed by atoms with E-state index in [1.165, 1.54) is 0 Å². The van der Waals surface area contributed by atoms with E-state index in [1.807, 2.05) is 13.8 Å². The molecule has 1 aliphatic heterocycles. The van der Waals surface area contributed by atoms with Crippen molar-refractivity contribution in [2.45, 2.75) is 19.5 Å². The van der Waals surface area contributed by atoms with Crippen molar-refractivity contribution < 1.29 is 0 Å². The van der Waals surface area contributed by atoms with Crippen LogP contribution in [0.5, 0.6) is 0 Å². The highest BCUT2D eigenvalue weighted by Crippen LogP contribution is 2.06. The largest absolute Gasteiger partial charge is 0.314 e. The molecule has 0 aromatic heterocycles. The van der Waals surface area contributed by atoms with Crippen LogP contribution in [-0.4, -0.2) is 36.7 Å². The summed E-state index contributed by atoms with van der Waals surface area (Å²) in [5.74, 6) is 0. The molecule has 0 unspecified atom stereocenters. The Kier molecular flexibility index (Phi) is 2.28. The van der Waals surface area contributed by atoms with E-state index in [0.29, 0.717) is 0 Å². The molecule has 3 heteroatoms. The van der Waals surface area contributed by atoms with Crippen molar-refractivity contribution in [3.05, 3.63) is 0 Å². The van der Waals surface area contributed by atoms with Gasteiger partial charge in [0.1, 0.15) is 0 Å². The molecule has 0 amide bonds. The average molecular weight is 142 g/mol. The highest BCUT2D eigenvalue weighted by molar-refractivity contribution is 4.78. The fraction of sp³-hybridized carbons (Fsp3) is 1.00. The maximum absolute atomic E-state index is 5.89. The van der Waals surface area contributed by atoms with Gasteiger partial charge in [-0.1, -0.05) is 0 Å². The Bertz CT molecular complexity index is 99.9. The van der Waals surface area contributed by atoms with Crippen molar-refractivity contribution >= 4 is 0 Å². The van der Waals surface area contributed by atoms with Gasteiger partial charge in [0.25, 0.3) is 0 Å². The lowest BCUT2D eigenvalue weighted by Gasteiger charge is -2.37. The summed E-state index contributed by atoms with van der Waals surface area (Å²) >= 11 is 0. The SMILES string of the molecule is CC(C)(N)N1CC[N]CC1. The molecule has 1 heterocycles. The van der Waals surface area contributed by atoms with E-state index in [1.54, 1.807) is 0 Å². The van der Waals surface area contributed by atoms with Crippen LogP contribution in [0.1, 0.15) is 13.8 Å². The first-order chi connectivity index (χ1) is 4.61. The number of nitrogens with zero attached hydrogens (tertiary/aromatic N) is 2. The highest BCUT2D eigenvalue weighted by atomic mass is 15.3. The monoisotopic (exact) mass is 142 g/mol. The van der Waals surface area contributed by atoms with Gasteiger partial charge in [-0.05, 0) is 13.8 Å². The molecule has 10 heavy (non-hydrogen) atoms. The lowest BCUT2D eigenvalue weighted by atomic mass is 10.2. The predicted octanol–water partition coefficient (Wildman–Crippen LogP) is -0.399. The number of hydrogen-bond acceptors (Lipinski definition) is 2. The van der Waals surface area contributed by atoms with Crippen LogP contribution in [0.15, 0.2) is 0 Å². The highest BCUT2D eigenvalue weighted by Gasteiger charge is 2.22. The Morgan fingerprint density at radius 1 is 1.30 bits per heavy atom. The van der Waals surface area contributed by atoms with E-state index in [-0.39, 0.29) is 5.66 Å². The third-order valence-electron chi connectivity index (χ3n) is 1.87. The standard InChI is InChI=1S/C7H16N3/c1-7(2,8)10-5-3-9-4-6-10/h3-6,8H2,1-2H3. The first-order valence-electron chi connectivity index (χ1n) is 3.78. The molecule has 1 fully saturated rings. The minimum absolute atomic E-state index is 0.157. The van der Waals surface area contributed by atoms with Crippen LogP contribution in [-0.2, 0) is 0 Å². The summed E-state index contributed by atoms with van der Waals surface area (Å²) in [6.45, 7) is 8.00. The van der Waals surface area contributed by atoms with Crippen molar-refractivity contribution in [2.24, 2.45) is 5.73 Å². The van der Waals surface area contributed by atoms with Gasteiger partial charge in [0.15, 0.2) is 0 Å². The van der Waals surface area contributed by atoms with E-state index in [4.69, 9.17) is 5.73 Å². The molecular weight excluding hydrogens is 126 g/mol. The Hall–Kier alpha value is -0.120. The summed E-state index contributed by atoms with van der Waals surface area (Å²) in [7, 11) is 0. The molecule has 1 radical (unpaired) electrons. The number of piperazine rings is 1. The molecule has 0 spiro atoms. The summed E-state index contributed by atoms with van der Waals surface area (Å²) in [6.07, 6.45) is 0. The van der Waals surface area contributed by atoms with Crippen LogP contribution >= 0.6 is 0 Å². The second-order valence-electron chi connectivity index (χ2n) is 3.31. The smallest absolute Gasteiger partial charge is 0.0630 e. The van der Waals surface area contributed by atoms with Gasteiger partial charge in [-0.2, -0.15) is 0 Å². The molecule has 1 rings (SSSR count). The minimum atomic E-state index is -0.157. The molecule has 0 bridgehead atoms. The summed E-state index contributed by atoms with van der Waals surface area (Å²) in [4.78, 5) is 2.26. The summed E-state index contributed by atoms with van der Waals surface area (Å²) in [5, 5.41) is 4.24. The lowest BCUT2D eigenvalue weighted by molar-refractivity contribution is 0.108. The maximum atomic E-state index is 5.89. The van der Waals surface area contributed by atoms with Gasteiger partial charge in [0.2, 0.25) is 0 Å². The Balaban J connectivity index is 2.39.